The van der Waals surface area contributed by atoms with Crippen LogP contribution in [0.3, 0.4) is 0 Å². The monoisotopic (exact) mass is 299 g/mol. The Morgan fingerprint density at radius 2 is 1.85 bits per heavy atom. The lowest BCUT2D eigenvalue weighted by molar-refractivity contribution is -0.123. The molecular weight excluding hydrogens is 281 g/mol. The van der Waals surface area contributed by atoms with Crippen LogP contribution in [0.5, 0.6) is 5.75 Å². The number of nitrogens with one attached hydrogen (secondary N) is 3. The normalized spacial score (nSPS) is 10.6. The van der Waals surface area contributed by atoms with Crippen LogP contribution in [0.15, 0.2) is 24.3 Å². The molecule has 0 spiro atoms. The molecule has 20 heavy (non-hydrogen) atoms. The van der Waals surface area contributed by atoms with Gasteiger partial charge < -0.3 is 10.1 Å². The van der Waals surface area contributed by atoms with Gasteiger partial charge in [-0.15, -0.1) is 0 Å². The maximum atomic E-state index is 12.7. The lowest BCUT2D eigenvalue weighted by Gasteiger charge is -2.23. The van der Waals surface area contributed by atoms with Gasteiger partial charge in [-0.05, 0) is 57.3 Å². The van der Waals surface area contributed by atoms with Gasteiger partial charge in [0.15, 0.2) is 11.7 Å². The maximum absolute atomic E-state index is 12.7. The van der Waals surface area contributed by atoms with Gasteiger partial charge in [0.05, 0.1) is 0 Å². The number of thiocarbonyl (C=S) groups is 1. The zero-order valence-corrected chi connectivity index (χ0v) is 12.4. The molecule has 3 N–H and O–H groups in total. The van der Waals surface area contributed by atoms with Gasteiger partial charge in [-0.2, -0.15) is 0 Å². The molecule has 0 fully saturated rings. The highest BCUT2D eigenvalue weighted by molar-refractivity contribution is 7.80. The zero-order chi connectivity index (χ0) is 15.2. The van der Waals surface area contributed by atoms with Crippen LogP contribution in [0.2, 0.25) is 0 Å². The highest BCUT2D eigenvalue weighted by Crippen LogP contribution is 2.10. The van der Waals surface area contributed by atoms with Crippen molar-refractivity contribution in [1.82, 2.24) is 16.2 Å². The van der Waals surface area contributed by atoms with E-state index < -0.39 is 5.91 Å². The van der Waals surface area contributed by atoms with Gasteiger partial charge in [0, 0.05) is 5.54 Å². The third kappa shape index (κ3) is 6.89. The zero-order valence-electron chi connectivity index (χ0n) is 11.6. The minimum absolute atomic E-state index is 0.195. The van der Waals surface area contributed by atoms with Gasteiger partial charge in [-0.25, -0.2) is 4.39 Å². The predicted octanol–water partition coefficient (Wildman–Crippen LogP) is 1.50. The average Bonchev–Trinajstić information content (AvgIpc) is 2.33. The van der Waals surface area contributed by atoms with Crippen LogP contribution in [0.1, 0.15) is 20.8 Å². The number of ether oxygens (including phenoxy) is 1. The van der Waals surface area contributed by atoms with E-state index in [2.05, 4.69) is 16.2 Å². The molecule has 0 aliphatic rings. The molecular formula is C13H18FN3O2S. The first-order valence-electron chi connectivity index (χ1n) is 6.01. The molecule has 110 valence electrons. The largest absolute Gasteiger partial charge is 0.484 e. The number of carbonyl (C=O) groups is 1. The van der Waals surface area contributed by atoms with Crippen LogP contribution in [0, 0.1) is 5.82 Å². The van der Waals surface area contributed by atoms with Gasteiger partial charge in [-0.3, -0.25) is 15.6 Å². The van der Waals surface area contributed by atoms with Crippen LogP contribution in [-0.2, 0) is 4.79 Å². The van der Waals surface area contributed by atoms with Crippen molar-refractivity contribution in [1.29, 1.82) is 0 Å². The van der Waals surface area contributed by atoms with Gasteiger partial charge in [-0.1, -0.05) is 0 Å². The van der Waals surface area contributed by atoms with Crippen molar-refractivity contribution in [3.63, 3.8) is 0 Å². The van der Waals surface area contributed by atoms with Crippen molar-refractivity contribution in [2.24, 2.45) is 0 Å². The Labute approximate surface area is 122 Å². The van der Waals surface area contributed by atoms with E-state index in [0.29, 0.717) is 10.9 Å². The summed E-state index contributed by atoms with van der Waals surface area (Å²) in [6.07, 6.45) is 0. The summed E-state index contributed by atoms with van der Waals surface area (Å²) in [5.41, 5.74) is 4.77. The van der Waals surface area contributed by atoms with Gasteiger partial charge >= 0.3 is 0 Å². The SMILES string of the molecule is CC(C)(C)NC(=S)NNC(=O)COc1ccc(F)cc1. The minimum Gasteiger partial charge on any atom is -0.484 e. The highest BCUT2D eigenvalue weighted by Gasteiger charge is 2.11. The lowest BCUT2D eigenvalue weighted by atomic mass is 10.1. The van der Waals surface area contributed by atoms with E-state index in [1.807, 2.05) is 20.8 Å². The summed E-state index contributed by atoms with van der Waals surface area (Å²) in [6.45, 7) is 5.64. The molecule has 0 aromatic heterocycles. The van der Waals surface area contributed by atoms with Crippen LogP contribution in [0.25, 0.3) is 0 Å². The number of amides is 1. The molecule has 0 heterocycles. The number of hydrazine groups is 1. The molecule has 5 nitrogen and oxygen atoms in total. The number of rotatable bonds is 3. The topological polar surface area (TPSA) is 62.4 Å². The Kier molecular flexibility index (Phi) is 5.69. The van der Waals surface area contributed by atoms with Crippen molar-refractivity contribution in [3.8, 4) is 5.75 Å². The molecule has 0 saturated carbocycles. The maximum Gasteiger partial charge on any atom is 0.276 e. The Morgan fingerprint density at radius 1 is 1.25 bits per heavy atom. The summed E-state index contributed by atoms with van der Waals surface area (Å²) in [5, 5.41) is 3.29. The van der Waals surface area contributed by atoms with Gasteiger partial charge in [0.2, 0.25) is 0 Å². The number of halogens is 1. The molecule has 7 heteroatoms. The fourth-order valence-electron chi connectivity index (χ4n) is 1.21. The van der Waals surface area contributed by atoms with Gasteiger partial charge in [0.25, 0.3) is 5.91 Å². The van der Waals surface area contributed by atoms with Gasteiger partial charge in [0.1, 0.15) is 11.6 Å². The van der Waals surface area contributed by atoms with E-state index in [1.165, 1.54) is 24.3 Å². The molecule has 0 saturated heterocycles. The van der Waals surface area contributed by atoms with Crippen molar-refractivity contribution < 1.29 is 13.9 Å². The summed E-state index contributed by atoms with van der Waals surface area (Å²) >= 11 is 4.99. The summed E-state index contributed by atoms with van der Waals surface area (Å²) in [4.78, 5) is 11.5. The average molecular weight is 299 g/mol. The Hall–Kier alpha value is -1.89. The Bertz CT molecular complexity index is 471. The fourth-order valence-corrected chi connectivity index (χ4v) is 1.57. The smallest absolute Gasteiger partial charge is 0.276 e. The minimum atomic E-state index is -0.396. The van der Waals surface area contributed by atoms with E-state index >= 15 is 0 Å². The van der Waals surface area contributed by atoms with E-state index in [9.17, 15) is 9.18 Å². The first kappa shape index (κ1) is 16.2. The first-order chi connectivity index (χ1) is 9.26. The van der Waals surface area contributed by atoms with E-state index in [-0.39, 0.29) is 18.0 Å². The second-order valence-electron chi connectivity index (χ2n) is 5.12. The van der Waals surface area contributed by atoms with Crippen molar-refractivity contribution in [2.75, 3.05) is 6.61 Å². The van der Waals surface area contributed by atoms with Crippen LogP contribution in [0.4, 0.5) is 4.39 Å². The summed E-state index contributed by atoms with van der Waals surface area (Å²) in [5.74, 6) is -0.341. The third-order valence-corrected chi connectivity index (χ3v) is 2.19. The number of hydrogen-bond donors (Lipinski definition) is 3. The third-order valence-electron chi connectivity index (χ3n) is 1.99. The standard InChI is InChI=1S/C13H18FN3O2S/c1-13(2,3)15-12(20)17-16-11(18)8-19-10-6-4-9(14)5-7-10/h4-7H,8H2,1-3H3,(H,16,18)(H2,15,17,20). The quantitative estimate of drug-likeness (QED) is 0.583. The van der Waals surface area contributed by atoms with Crippen molar-refractivity contribution >= 4 is 23.2 Å². The molecule has 1 amide bonds. The number of benzene rings is 1. The molecule has 1 aromatic rings. The summed E-state index contributed by atoms with van der Waals surface area (Å²) < 4.78 is 17.8. The van der Waals surface area contributed by atoms with E-state index in [4.69, 9.17) is 17.0 Å². The second-order valence-corrected chi connectivity index (χ2v) is 5.53. The predicted molar refractivity (Wildman–Crippen MR) is 78.7 cm³/mol. The lowest BCUT2D eigenvalue weighted by Crippen LogP contribution is -2.52. The summed E-state index contributed by atoms with van der Waals surface area (Å²) in [6, 6.07) is 5.41. The molecule has 0 aliphatic carbocycles. The molecule has 0 aliphatic heterocycles. The molecule has 0 unspecified atom stereocenters. The Balaban J connectivity index is 2.27. The molecule has 0 radical (unpaired) electrons. The molecule has 1 rings (SSSR count). The second kappa shape index (κ2) is 7.04. The van der Waals surface area contributed by atoms with Crippen LogP contribution >= 0.6 is 12.2 Å². The van der Waals surface area contributed by atoms with Crippen LogP contribution in [-0.4, -0.2) is 23.2 Å². The highest BCUT2D eigenvalue weighted by atomic mass is 32.1. The van der Waals surface area contributed by atoms with Crippen molar-refractivity contribution in [2.45, 2.75) is 26.3 Å². The van der Waals surface area contributed by atoms with E-state index in [1.54, 1.807) is 0 Å². The number of hydrogen-bond acceptors (Lipinski definition) is 3. The van der Waals surface area contributed by atoms with Crippen molar-refractivity contribution in [3.05, 3.63) is 30.1 Å². The van der Waals surface area contributed by atoms with Crippen LogP contribution < -0.4 is 20.9 Å². The Morgan fingerprint density at radius 3 is 2.40 bits per heavy atom. The molecule has 1 aromatic carbocycles. The summed E-state index contributed by atoms with van der Waals surface area (Å²) in [7, 11) is 0. The fraction of sp³-hybridized carbons (Fsp3) is 0.385. The van der Waals surface area contributed by atoms with E-state index in [0.717, 1.165) is 0 Å². The molecule has 0 atom stereocenters. The first-order valence-corrected chi connectivity index (χ1v) is 6.42. The molecule has 0 bridgehead atoms. The number of carbonyl (C=O) groups excluding carboxylic acids is 1.